The van der Waals surface area contributed by atoms with Crippen molar-refractivity contribution in [3.63, 3.8) is 0 Å². The lowest BCUT2D eigenvalue weighted by Gasteiger charge is -2.16. The first-order valence-corrected chi connectivity index (χ1v) is 11.5. The first-order valence-electron chi connectivity index (χ1n) is 10.3. The van der Waals surface area contributed by atoms with Crippen LogP contribution in [-0.2, 0) is 22.2 Å². The average molecular weight is 471 g/mol. The van der Waals surface area contributed by atoms with Crippen LogP contribution in [0.4, 0.5) is 5.82 Å². The number of ether oxygens (including phenoxy) is 1. The third kappa shape index (κ3) is 4.14. The molecule has 0 aliphatic carbocycles. The van der Waals surface area contributed by atoms with Crippen molar-refractivity contribution in [1.82, 2.24) is 24.2 Å². The maximum Gasteiger partial charge on any atom is 0.201 e. The number of thiol groups is 1. The Labute approximate surface area is 190 Å². The molecule has 2 aromatic heterocycles. The van der Waals surface area contributed by atoms with Crippen LogP contribution in [0.15, 0.2) is 55.1 Å². The summed E-state index contributed by atoms with van der Waals surface area (Å²) in [5.41, 5.74) is 1.99. The van der Waals surface area contributed by atoms with Gasteiger partial charge >= 0.3 is 0 Å². The summed E-state index contributed by atoms with van der Waals surface area (Å²) < 4.78 is 31.0. The third-order valence-electron chi connectivity index (χ3n) is 5.72. The molecule has 0 saturated carbocycles. The minimum atomic E-state index is -2.85. The molecule has 1 aliphatic heterocycles. The number of fused-ring (bicyclic) bond motifs is 2. The molecule has 4 aromatic rings. The number of aliphatic hydroxyl groups excluding tert-OH is 2. The fraction of sp³-hybridized carbons (Fsp3) is 0.286. The Hall–Kier alpha value is -3.16. The van der Waals surface area contributed by atoms with Crippen LogP contribution < -0.4 is 10.0 Å². The molecular formula is C21H22N6O5S. The number of anilines is 1. The minimum absolute atomic E-state index is 0.160. The summed E-state index contributed by atoms with van der Waals surface area (Å²) in [5, 5.41) is 26.3. The molecule has 172 valence electrons. The SMILES string of the molecule is O=[SH](=O)NC[C@H]1O[C@@H](n2cnc3c(NCc4cccc5ccccc45)ncnc32)[C@H](O)[C@@H]1O. The predicted molar refractivity (Wildman–Crippen MR) is 121 cm³/mol. The van der Waals surface area contributed by atoms with E-state index in [4.69, 9.17) is 4.74 Å². The van der Waals surface area contributed by atoms with Crippen molar-refractivity contribution < 1.29 is 23.4 Å². The maximum atomic E-state index is 10.8. The van der Waals surface area contributed by atoms with Crippen molar-refractivity contribution in [3.8, 4) is 0 Å². The van der Waals surface area contributed by atoms with E-state index in [1.807, 2.05) is 24.3 Å². The summed E-state index contributed by atoms with van der Waals surface area (Å²) in [5.74, 6) is 0.515. The van der Waals surface area contributed by atoms with E-state index in [9.17, 15) is 18.6 Å². The average Bonchev–Trinajstić information content (AvgIpc) is 3.37. The number of nitrogens with zero attached hydrogens (tertiary/aromatic N) is 4. The summed E-state index contributed by atoms with van der Waals surface area (Å²) in [6.07, 6.45) is -1.64. The van der Waals surface area contributed by atoms with Crippen LogP contribution in [0, 0.1) is 0 Å². The molecule has 4 N–H and O–H groups in total. The minimum Gasteiger partial charge on any atom is -0.387 e. The molecule has 33 heavy (non-hydrogen) atoms. The van der Waals surface area contributed by atoms with Crippen molar-refractivity contribution in [1.29, 1.82) is 0 Å². The Morgan fingerprint density at radius 3 is 2.70 bits per heavy atom. The van der Waals surface area contributed by atoms with Gasteiger partial charge in [0.15, 0.2) is 23.2 Å². The lowest BCUT2D eigenvalue weighted by molar-refractivity contribution is -0.0329. The van der Waals surface area contributed by atoms with E-state index in [0.29, 0.717) is 23.5 Å². The fourth-order valence-electron chi connectivity index (χ4n) is 4.09. The molecule has 3 heterocycles. The normalized spacial score (nSPS) is 23.0. The van der Waals surface area contributed by atoms with Crippen molar-refractivity contribution in [2.24, 2.45) is 0 Å². The van der Waals surface area contributed by atoms with E-state index < -0.39 is 35.4 Å². The quantitative estimate of drug-likeness (QED) is 0.241. The molecule has 0 spiro atoms. The zero-order valence-corrected chi connectivity index (χ0v) is 18.2. The van der Waals surface area contributed by atoms with E-state index in [1.54, 1.807) is 0 Å². The molecule has 1 fully saturated rings. The highest BCUT2D eigenvalue weighted by molar-refractivity contribution is 7.70. The number of rotatable bonds is 7. The lowest BCUT2D eigenvalue weighted by Crippen LogP contribution is -2.37. The van der Waals surface area contributed by atoms with Crippen LogP contribution in [0.25, 0.3) is 21.9 Å². The lowest BCUT2D eigenvalue weighted by atomic mass is 10.0. The molecule has 1 saturated heterocycles. The summed E-state index contributed by atoms with van der Waals surface area (Å²) in [7, 11) is -2.85. The van der Waals surface area contributed by atoms with Gasteiger partial charge in [-0.3, -0.25) is 4.57 Å². The molecular weight excluding hydrogens is 448 g/mol. The molecule has 0 bridgehead atoms. The highest BCUT2D eigenvalue weighted by atomic mass is 32.2. The Balaban J connectivity index is 1.39. The molecule has 1 aliphatic rings. The van der Waals surface area contributed by atoms with Crippen LogP contribution in [0.3, 0.4) is 0 Å². The summed E-state index contributed by atoms with van der Waals surface area (Å²) in [6, 6.07) is 14.2. The van der Waals surface area contributed by atoms with Crippen LogP contribution in [0.2, 0.25) is 0 Å². The summed E-state index contributed by atoms with van der Waals surface area (Å²) in [6.45, 7) is 0.357. The first kappa shape index (κ1) is 21.7. The Morgan fingerprint density at radius 1 is 1.03 bits per heavy atom. The molecule has 5 rings (SSSR count). The second kappa shape index (κ2) is 9.00. The summed E-state index contributed by atoms with van der Waals surface area (Å²) >= 11 is 0. The molecule has 12 heteroatoms. The van der Waals surface area contributed by atoms with Gasteiger partial charge in [0.2, 0.25) is 10.9 Å². The van der Waals surface area contributed by atoms with Crippen molar-refractivity contribution >= 4 is 38.6 Å². The Kier molecular flexibility index (Phi) is 5.91. The van der Waals surface area contributed by atoms with Gasteiger partial charge in [0.25, 0.3) is 0 Å². The van der Waals surface area contributed by atoms with Gasteiger partial charge in [0, 0.05) is 13.1 Å². The van der Waals surface area contributed by atoms with E-state index in [2.05, 4.69) is 43.2 Å². The van der Waals surface area contributed by atoms with Crippen molar-refractivity contribution in [2.45, 2.75) is 31.1 Å². The van der Waals surface area contributed by atoms with E-state index in [1.165, 1.54) is 17.2 Å². The second-order valence-corrected chi connectivity index (χ2v) is 8.53. The number of hydrogen-bond acceptors (Lipinski definition) is 9. The molecule has 0 radical (unpaired) electrons. The molecule has 4 atom stereocenters. The number of aliphatic hydroxyl groups is 2. The first-order chi connectivity index (χ1) is 16.0. The number of imidazole rings is 1. The van der Waals surface area contributed by atoms with Gasteiger partial charge in [0.1, 0.15) is 24.6 Å². The number of benzene rings is 2. The number of aromatic nitrogens is 4. The van der Waals surface area contributed by atoms with Gasteiger partial charge in [-0.25, -0.2) is 28.1 Å². The van der Waals surface area contributed by atoms with Gasteiger partial charge < -0.3 is 20.3 Å². The van der Waals surface area contributed by atoms with E-state index >= 15 is 0 Å². The molecule has 0 amide bonds. The van der Waals surface area contributed by atoms with Gasteiger partial charge in [-0.15, -0.1) is 0 Å². The fourth-order valence-corrected chi connectivity index (χ4v) is 4.41. The van der Waals surface area contributed by atoms with Crippen molar-refractivity contribution in [2.75, 3.05) is 11.9 Å². The van der Waals surface area contributed by atoms with Crippen LogP contribution >= 0.6 is 0 Å². The molecule has 11 nitrogen and oxygen atoms in total. The highest BCUT2D eigenvalue weighted by Crippen LogP contribution is 2.32. The Morgan fingerprint density at radius 2 is 1.85 bits per heavy atom. The Bertz CT molecular complexity index is 1360. The van der Waals surface area contributed by atoms with Crippen LogP contribution in [0.1, 0.15) is 11.8 Å². The second-order valence-electron chi connectivity index (χ2n) is 7.70. The van der Waals surface area contributed by atoms with E-state index in [-0.39, 0.29) is 6.54 Å². The molecule has 0 unspecified atom stereocenters. The van der Waals surface area contributed by atoms with Gasteiger partial charge in [-0.1, -0.05) is 42.5 Å². The zero-order valence-electron chi connectivity index (χ0n) is 17.3. The van der Waals surface area contributed by atoms with E-state index in [0.717, 1.165) is 16.3 Å². The topological polar surface area (TPSA) is 151 Å². The van der Waals surface area contributed by atoms with Crippen LogP contribution in [-0.4, -0.2) is 63.0 Å². The third-order valence-corrected chi connectivity index (χ3v) is 6.16. The summed E-state index contributed by atoms with van der Waals surface area (Å²) in [4.78, 5) is 13.0. The highest BCUT2D eigenvalue weighted by Gasteiger charge is 2.44. The largest absolute Gasteiger partial charge is 0.387 e. The number of nitrogens with one attached hydrogen (secondary N) is 2. The standard InChI is InChI=1S/C21H22N6O5S/c28-17-15(9-26-33(30)31)32-21(18(17)29)27-11-25-16-19(23-10-24-20(16)27)22-8-13-6-3-5-12-4-1-2-7-14(12)13/h1-7,10-11,15,17-18,21,28-29,33H,8-9H2,(H,22,23,24)(H,26,30,31)/t15-,17-,18-,21-/m1/s1. The zero-order chi connectivity index (χ0) is 22.9. The molecule has 2 aromatic carbocycles. The monoisotopic (exact) mass is 470 g/mol. The smallest absolute Gasteiger partial charge is 0.201 e. The number of hydrogen-bond donors (Lipinski definition) is 5. The van der Waals surface area contributed by atoms with Gasteiger partial charge in [0.05, 0.1) is 6.33 Å². The van der Waals surface area contributed by atoms with Gasteiger partial charge in [-0.2, -0.15) is 0 Å². The maximum absolute atomic E-state index is 10.8. The van der Waals surface area contributed by atoms with Crippen LogP contribution in [0.5, 0.6) is 0 Å². The van der Waals surface area contributed by atoms with Crippen molar-refractivity contribution in [3.05, 3.63) is 60.7 Å². The predicted octanol–water partition coefficient (Wildman–Crippen LogP) is 0.327. The van der Waals surface area contributed by atoms with Gasteiger partial charge in [-0.05, 0) is 16.3 Å².